The van der Waals surface area contributed by atoms with Crippen molar-refractivity contribution < 1.29 is 14.3 Å². The molecule has 4 rings (SSSR count). The zero-order valence-electron chi connectivity index (χ0n) is 15.7. The van der Waals surface area contributed by atoms with Gasteiger partial charge in [-0.05, 0) is 29.8 Å². The van der Waals surface area contributed by atoms with Gasteiger partial charge in [-0.15, -0.1) is 22.7 Å². The summed E-state index contributed by atoms with van der Waals surface area (Å²) in [6, 6.07) is 21.2. The van der Waals surface area contributed by atoms with Crippen LogP contribution in [0.5, 0.6) is 0 Å². The lowest BCUT2D eigenvalue weighted by atomic mass is 10.2. The molecule has 0 aliphatic carbocycles. The summed E-state index contributed by atoms with van der Waals surface area (Å²) in [4.78, 5) is 32.1. The Balaban J connectivity index is 1.36. The largest absolute Gasteiger partial charge is 0.451 e. The standard InChI is InChI=1S/C22H18N2O3S2/c1-24(13-15-7-3-2-4-8-15)20(25)14-27-22(26)19-12-11-18(28-19)21-23-16-9-5-6-10-17(16)29-21/h2-12H,13-14H2,1H3. The summed E-state index contributed by atoms with van der Waals surface area (Å²) in [6.45, 7) is 0.189. The van der Waals surface area contributed by atoms with Crippen LogP contribution in [0.15, 0.2) is 66.7 Å². The van der Waals surface area contributed by atoms with Crippen LogP contribution in [0, 0.1) is 0 Å². The highest BCUT2D eigenvalue weighted by Gasteiger charge is 2.17. The van der Waals surface area contributed by atoms with E-state index in [0.717, 1.165) is 25.7 Å². The van der Waals surface area contributed by atoms with E-state index in [9.17, 15) is 9.59 Å². The quantitative estimate of drug-likeness (QED) is 0.417. The van der Waals surface area contributed by atoms with E-state index in [1.807, 2.05) is 60.7 Å². The number of thiazole rings is 1. The van der Waals surface area contributed by atoms with Crippen molar-refractivity contribution >= 4 is 44.8 Å². The SMILES string of the molecule is CN(Cc1ccccc1)C(=O)COC(=O)c1ccc(-c2nc3ccccc3s2)s1. The maximum absolute atomic E-state index is 12.3. The zero-order valence-corrected chi connectivity index (χ0v) is 17.3. The molecule has 0 atom stereocenters. The Morgan fingerprint density at radius 2 is 1.72 bits per heavy atom. The van der Waals surface area contributed by atoms with Gasteiger partial charge in [0.05, 0.1) is 15.1 Å². The van der Waals surface area contributed by atoms with Crippen molar-refractivity contribution in [3.05, 3.63) is 77.2 Å². The number of benzene rings is 2. The van der Waals surface area contributed by atoms with Crippen LogP contribution in [-0.2, 0) is 16.1 Å². The molecule has 2 heterocycles. The molecule has 0 bridgehead atoms. The van der Waals surface area contributed by atoms with E-state index in [1.165, 1.54) is 11.3 Å². The second-order valence-electron chi connectivity index (χ2n) is 6.46. The number of fused-ring (bicyclic) bond motifs is 1. The number of rotatable bonds is 6. The Morgan fingerprint density at radius 3 is 2.52 bits per heavy atom. The van der Waals surface area contributed by atoms with E-state index in [-0.39, 0.29) is 12.5 Å². The molecule has 29 heavy (non-hydrogen) atoms. The normalized spacial score (nSPS) is 10.8. The van der Waals surface area contributed by atoms with Gasteiger partial charge in [0, 0.05) is 13.6 Å². The lowest BCUT2D eigenvalue weighted by molar-refractivity contribution is -0.133. The van der Waals surface area contributed by atoms with Gasteiger partial charge in [-0.3, -0.25) is 4.79 Å². The Kier molecular flexibility index (Phi) is 5.69. The topological polar surface area (TPSA) is 59.5 Å². The molecule has 146 valence electrons. The lowest BCUT2D eigenvalue weighted by Gasteiger charge is -2.17. The Hall–Kier alpha value is -3.03. The van der Waals surface area contributed by atoms with Gasteiger partial charge in [-0.2, -0.15) is 0 Å². The second-order valence-corrected chi connectivity index (χ2v) is 8.58. The third kappa shape index (κ3) is 4.52. The van der Waals surface area contributed by atoms with Gasteiger partial charge in [-0.25, -0.2) is 9.78 Å². The molecule has 2 aromatic heterocycles. The van der Waals surface area contributed by atoms with Crippen LogP contribution >= 0.6 is 22.7 Å². The van der Waals surface area contributed by atoms with Gasteiger partial charge in [0.25, 0.3) is 5.91 Å². The van der Waals surface area contributed by atoms with Crippen molar-refractivity contribution in [2.75, 3.05) is 13.7 Å². The number of hydrogen-bond donors (Lipinski definition) is 0. The molecule has 0 radical (unpaired) electrons. The number of nitrogens with zero attached hydrogens (tertiary/aromatic N) is 2. The number of likely N-dealkylation sites (N-methyl/N-ethyl adjacent to an activating group) is 1. The number of thiophene rings is 1. The van der Waals surface area contributed by atoms with Gasteiger partial charge < -0.3 is 9.64 Å². The number of carbonyl (C=O) groups is 2. The minimum absolute atomic E-state index is 0.245. The van der Waals surface area contributed by atoms with Crippen molar-refractivity contribution in [2.45, 2.75) is 6.54 Å². The third-order valence-corrected chi connectivity index (χ3v) is 6.60. The smallest absolute Gasteiger partial charge is 0.348 e. The van der Waals surface area contributed by atoms with E-state index in [2.05, 4.69) is 4.98 Å². The van der Waals surface area contributed by atoms with E-state index in [1.54, 1.807) is 29.4 Å². The first-order valence-electron chi connectivity index (χ1n) is 9.01. The number of aromatic nitrogens is 1. The first-order chi connectivity index (χ1) is 14.1. The van der Waals surface area contributed by atoms with E-state index in [4.69, 9.17) is 4.74 Å². The summed E-state index contributed by atoms with van der Waals surface area (Å²) in [5.74, 6) is -0.742. The Morgan fingerprint density at radius 1 is 0.966 bits per heavy atom. The second kappa shape index (κ2) is 8.55. The fraction of sp³-hybridized carbons (Fsp3) is 0.136. The molecule has 0 unspecified atom stereocenters. The molecule has 0 aliphatic rings. The van der Waals surface area contributed by atoms with Gasteiger partial charge in [0.1, 0.15) is 9.88 Å². The maximum Gasteiger partial charge on any atom is 0.348 e. The molecule has 4 aromatic rings. The number of ether oxygens (including phenoxy) is 1. The highest BCUT2D eigenvalue weighted by molar-refractivity contribution is 7.26. The summed E-state index contributed by atoms with van der Waals surface area (Å²) in [5, 5.41) is 0.869. The van der Waals surface area contributed by atoms with Gasteiger partial charge in [-0.1, -0.05) is 42.5 Å². The number of hydrogen-bond acceptors (Lipinski definition) is 6. The fourth-order valence-electron chi connectivity index (χ4n) is 2.79. The van der Waals surface area contributed by atoms with Crippen molar-refractivity contribution in [1.29, 1.82) is 0 Å². The van der Waals surface area contributed by atoms with Crippen LogP contribution < -0.4 is 0 Å². The first kappa shape index (κ1) is 19.3. The van der Waals surface area contributed by atoms with E-state index >= 15 is 0 Å². The Labute approximate surface area is 176 Å². The molecule has 0 saturated heterocycles. The molecule has 7 heteroatoms. The van der Waals surface area contributed by atoms with Crippen molar-refractivity contribution in [3.63, 3.8) is 0 Å². The van der Waals surface area contributed by atoms with Crippen LogP contribution in [0.1, 0.15) is 15.2 Å². The zero-order chi connectivity index (χ0) is 20.2. The summed E-state index contributed by atoms with van der Waals surface area (Å²) >= 11 is 2.91. The van der Waals surface area contributed by atoms with Gasteiger partial charge in [0.15, 0.2) is 6.61 Å². The summed E-state index contributed by atoms with van der Waals surface area (Å²) in [6.07, 6.45) is 0. The van der Waals surface area contributed by atoms with Crippen LogP contribution in [0.4, 0.5) is 0 Å². The van der Waals surface area contributed by atoms with Crippen LogP contribution in [-0.4, -0.2) is 35.4 Å². The predicted octanol–water partition coefficient (Wildman–Crippen LogP) is 4.84. The van der Waals surface area contributed by atoms with Crippen molar-refractivity contribution in [3.8, 4) is 9.88 Å². The van der Waals surface area contributed by atoms with Crippen molar-refractivity contribution in [1.82, 2.24) is 9.88 Å². The Bertz CT molecular complexity index is 1120. The predicted molar refractivity (Wildman–Crippen MR) is 116 cm³/mol. The average molecular weight is 423 g/mol. The fourth-order valence-corrected chi connectivity index (χ4v) is 4.71. The monoisotopic (exact) mass is 422 g/mol. The minimum atomic E-state index is -0.496. The van der Waals surface area contributed by atoms with Crippen LogP contribution in [0.2, 0.25) is 0 Å². The van der Waals surface area contributed by atoms with Crippen LogP contribution in [0.25, 0.3) is 20.1 Å². The summed E-state index contributed by atoms with van der Waals surface area (Å²) in [7, 11) is 1.69. The number of esters is 1. The lowest BCUT2D eigenvalue weighted by Crippen LogP contribution is -2.30. The first-order valence-corrected chi connectivity index (χ1v) is 10.6. The molecule has 0 saturated carbocycles. The highest BCUT2D eigenvalue weighted by Crippen LogP contribution is 2.34. The molecule has 0 aliphatic heterocycles. The number of para-hydroxylation sites is 1. The van der Waals surface area contributed by atoms with E-state index < -0.39 is 5.97 Å². The molecule has 2 aromatic carbocycles. The minimum Gasteiger partial charge on any atom is -0.451 e. The molecule has 0 fully saturated rings. The van der Waals surface area contributed by atoms with Gasteiger partial charge in [0.2, 0.25) is 0 Å². The third-order valence-electron chi connectivity index (χ3n) is 4.33. The molecular formula is C22H18N2O3S2. The molecule has 1 amide bonds. The summed E-state index contributed by atoms with van der Waals surface area (Å²) < 4.78 is 6.32. The highest BCUT2D eigenvalue weighted by atomic mass is 32.1. The number of amides is 1. The van der Waals surface area contributed by atoms with Crippen LogP contribution in [0.3, 0.4) is 0 Å². The number of carbonyl (C=O) groups excluding carboxylic acids is 2. The maximum atomic E-state index is 12.3. The van der Waals surface area contributed by atoms with Crippen molar-refractivity contribution in [2.24, 2.45) is 0 Å². The summed E-state index contributed by atoms with van der Waals surface area (Å²) in [5.41, 5.74) is 1.96. The molecule has 0 N–H and O–H groups in total. The van der Waals surface area contributed by atoms with E-state index in [0.29, 0.717) is 11.4 Å². The average Bonchev–Trinajstić information content (AvgIpc) is 3.39. The molecule has 0 spiro atoms. The van der Waals surface area contributed by atoms with Gasteiger partial charge >= 0.3 is 5.97 Å². The molecular weight excluding hydrogens is 404 g/mol. The molecule has 5 nitrogen and oxygen atoms in total.